The summed E-state index contributed by atoms with van der Waals surface area (Å²) in [5.41, 5.74) is 0.542. The van der Waals surface area contributed by atoms with Gasteiger partial charge >= 0.3 is 11.9 Å². The van der Waals surface area contributed by atoms with E-state index in [0.717, 1.165) is 10.8 Å². The Bertz CT molecular complexity index is 940. The number of hydrogen-bond donors (Lipinski definition) is 0. The van der Waals surface area contributed by atoms with E-state index in [4.69, 9.17) is 18.6 Å². The van der Waals surface area contributed by atoms with Crippen LogP contribution in [-0.2, 0) is 16.1 Å². The van der Waals surface area contributed by atoms with E-state index in [9.17, 15) is 9.59 Å². The molecule has 0 aliphatic heterocycles. The summed E-state index contributed by atoms with van der Waals surface area (Å²) in [5.74, 6) is -0.440. The first-order chi connectivity index (χ1) is 12.6. The van der Waals surface area contributed by atoms with Crippen LogP contribution in [0, 0.1) is 0 Å². The Labute approximate surface area is 150 Å². The van der Waals surface area contributed by atoms with Gasteiger partial charge in [-0.05, 0) is 35.9 Å². The van der Waals surface area contributed by atoms with Crippen LogP contribution in [0.5, 0.6) is 5.75 Å². The Morgan fingerprint density at radius 1 is 0.962 bits per heavy atom. The van der Waals surface area contributed by atoms with Crippen LogP contribution in [0.1, 0.15) is 33.4 Å². The fourth-order valence-electron chi connectivity index (χ4n) is 2.60. The minimum Gasteiger partial charge on any atom is -0.496 e. The molecule has 0 spiro atoms. The summed E-state index contributed by atoms with van der Waals surface area (Å²) in [5, 5.41) is 1.85. The van der Waals surface area contributed by atoms with Crippen molar-refractivity contribution in [2.45, 2.75) is 13.5 Å². The topological polar surface area (TPSA) is 75.0 Å². The third-order valence-corrected chi connectivity index (χ3v) is 3.86. The lowest BCUT2D eigenvalue weighted by atomic mass is 10.1. The number of rotatable bonds is 6. The number of methoxy groups -OCH3 is 1. The summed E-state index contributed by atoms with van der Waals surface area (Å²) >= 11 is 0. The molecule has 26 heavy (non-hydrogen) atoms. The lowest BCUT2D eigenvalue weighted by Crippen LogP contribution is -2.10. The van der Waals surface area contributed by atoms with E-state index in [1.807, 2.05) is 24.3 Å². The molecule has 0 aliphatic rings. The fourth-order valence-corrected chi connectivity index (χ4v) is 2.60. The number of ether oxygens (including phenoxy) is 3. The number of carbonyl (C=O) groups is 2. The predicted octanol–water partition coefficient (Wildman–Crippen LogP) is 3.98. The third-order valence-electron chi connectivity index (χ3n) is 3.86. The molecular weight excluding hydrogens is 336 g/mol. The molecule has 3 rings (SSSR count). The lowest BCUT2D eigenvalue weighted by molar-refractivity contribution is 0.0420. The molecule has 0 radical (unpaired) electrons. The van der Waals surface area contributed by atoms with Crippen molar-refractivity contribution in [3.8, 4) is 5.75 Å². The summed E-state index contributed by atoms with van der Waals surface area (Å²) in [6.45, 7) is 1.77. The van der Waals surface area contributed by atoms with Crippen LogP contribution in [0.2, 0.25) is 0 Å². The molecule has 0 bridgehead atoms. The summed E-state index contributed by atoms with van der Waals surface area (Å²) in [7, 11) is 1.49. The van der Waals surface area contributed by atoms with Gasteiger partial charge in [0.25, 0.3) is 0 Å². The average Bonchev–Trinajstić information content (AvgIpc) is 3.14. The Kier molecular flexibility index (Phi) is 5.22. The smallest absolute Gasteiger partial charge is 0.342 e. The number of fused-ring (bicyclic) bond motifs is 1. The van der Waals surface area contributed by atoms with Gasteiger partial charge in [0.2, 0.25) is 0 Å². The van der Waals surface area contributed by atoms with Gasteiger partial charge in [0, 0.05) is 0 Å². The van der Waals surface area contributed by atoms with Crippen LogP contribution < -0.4 is 4.74 Å². The second kappa shape index (κ2) is 7.74. The van der Waals surface area contributed by atoms with E-state index in [2.05, 4.69) is 0 Å². The molecule has 134 valence electrons. The van der Waals surface area contributed by atoms with Crippen molar-refractivity contribution in [1.29, 1.82) is 0 Å². The third kappa shape index (κ3) is 3.54. The maximum atomic E-state index is 12.5. The highest BCUT2D eigenvalue weighted by molar-refractivity contribution is 5.98. The maximum absolute atomic E-state index is 12.5. The largest absolute Gasteiger partial charge is 0.496 e. The normalized spacial score (nSPS) is 10.5. The molecule has 0 N–H and O–H groups in total. The van der Waals surface area contributed by atoms with E-state index in [1.165, 1.54) is 19.4 Å². The van der Waals surface area contributed by atoms with Crippen molar-refractivity contribution in [3.63, 3.8) is 0 Å². The quantitative estimate of drug-likeness (QED) is 0.624. The van der Waals surface area contributed by atoms with Crippen LogP contribution in [0.15, 0.2) is 53.1 Å². The molecule has 1 aromatic heterocycles. The summed E-state index contributed by atoms with van der Waals surface area (Å²) in [6, 6.07) is 12.6. The predicted molar refractivity (Wildman–Crippen MR) is 94.3 cm³/mol. The molecule has 0 unspecified atom stereocenters. The van der Waals surface area contributed by atoms with Gasteiger partial charge in [0.1, 0.15) is 16.9 Å². The van der Waals surface area contributed by atoms with E-state index in [1.54, 1.807) is 19.1 Å². The van der Waals surface area contributed by atoms with Crippen LogP contribution in [-0.4, -0.2) is 25.7 Å². The Morgan fingerprint density at radius 2 is 1.65 bits per heavy atom. The molecular formula is C20H18O6. The van der Waals surface area contributed by atoms with Gasteiger partial charge in [-0.2, -0.15) is 0 Å². The van der Waals surface area contributed by atoms with Gasteiger partial charge in [-0.25, -0.2) is 9.59 Å². The zero-order chi connectivity index (χ0) is 18.5. The van der Waals surface area contributed by atoms with Gasteiger partial charge in [0.05, 0.1) is 20.0 Å². The summed E-state index contributed by atoms with van der Waals surface area (Å²) in [6.07, 6.45) is 1.35. The zero-order valence-corrected chi connectivity index (χ0v) is 14.5. The molecule has 0 saturated heterocycles. The van der Waals surface area contributed by atoms with Gasteiger partial charge in [-0.1, -0.05) is 24.3 Å². The van der Waals surface area contributed by atoms with Crippen molar-refractivity contribution in [1.82, 2.24) is 0 Å². The monoisotopic (exact) mass is 354 g/mol. The van der Waals surface area contributed by atoms with Crippen LogP contribution in [0.3, 0.4) is 0 Å². The molecule has 0 fully saturated rings. The molecule has 0 saturated carbocycles. The molecule has 0 amide bonds. The van der Waals surface area contributed by atoms with Gasteiger partial charge < -0.3 is 18.6 Å². The first-order valence-electron chi connectivity index (χ1n) is 8.11. The van der Waals surface area contributed by atoms with Crippen molar-refractivity contribution < 1.29 is 28.2 Å². The highest BCUT2D eigenvalue weighted by Gasteiger charge is 2.20. The maximum Gasteiger partial charge on any atom is 0.342 e. The lowest BCUT2D eigenvalue weighted by Gasteiger charge is -2.10. The Morgan fingerprint density at radius 3 is 2.35 bits per heavy atom. The molecule has 0 atom stereocenters. The second-order valence-electron chi connectivity index (χ2n) is 5.45. The second-order valence-corrected chi connectivity index (χ2v) is 5.45. The van der Waals surface area contributed by atoms with Crippen molar-refractivity contribution in [2.75, 3.05) is 13.7 Å². The molecule has 3 aromatic rings. The highest BCUT2D eigenvalue weighted by atomic mass is 16.5. The van der Waals surface area contributed by atoms with Gasteiger partial charge in [0.15, 0.2) is 12.4 Å². The van der Waals surface area contributed by atoms with Crippen molar-refractivity contribution >= 4 is 22.7 Å². The number of benzene rings is 2. The van der Waals surface area contributed by atoms with Gasteiger partial charge in [-0.15, -0.1) is 0 Å². The fraction of sp³-hybridized carbons (Fsp3) is 0.200. The van der Waals surface area contributed by atoms with Crippen LogP contribution >= 0.6 is 0 Å². The number of carbonyl (C=O) groups excluding carboxylic acids is 2. The summed E-state index contributed by atoms with van der Waals surface area (Å²) in [4.78, 5) is 24.4. The van der Waals surface area contributed by atoms with E-state index < -0.39 is 11.9 Å². The van der Waals surface area contributed by atoms with E-state index >= 15 is 0 Å². The van der Waals surface area contributed by atoms with E-state index in [-0.39, 0.29) is 24.5 Å². The SMILES string of the molecule is CCOC(=O)c1ccoc1COC(=O)c1cc2ccccc2cc1OC. The van der Waals surface area contributed by atoms with Crippen molar-refractivity contribution in [3.05, 3.63) is 65.6 Å². The van der Waals surface area contributed by atoms with Gasteiger partial charge in [-0.3, -0.25) is 0 Å². The Hall–Kier alpha value is -3.28. The number of hydrogen-bond acceptors (Lipinski definition) is 6. The Balaban J connectivity index is 1.80. The van der Waals surface area contributed by atoms with Crippen LogP contribution in [0.4, 0.5) is 0 Å². The minimum absolute atomic E-state index is 0.185. The molecule has 6 heteroatoms. The number of esters is 2. The standard InChI is InChI=1S/C20H18O6/c1-3-24-19(21)15-8-9-25-18(15)12-26-20(22)16-10-13-6-4-5-7-14(13)11-17(16)23-2/h4-11H,3,12H2,1-2H3. The number of furan rings is 1. The van der Waals surface area contributed by atoms with E-state index in [0.29, 0.717) is 11.3 Å². The zero-order valence-electron chi connectivity index (χ0n) is 14.5. The highest BCUT2D eigenvalue weighted by Crippen LogP contribution is 2.27. The molecule has 0 aliphatic carbocycles. The molecule has 1 heterocycles. The average molecular weight is 354 g/mol. The first kappa shape index (κ1) is 17.5. The van der Waals surface area contributed by atoms with Crippen LogP contribution in [0.25, 0.3) is 10.8 Å². The molecule has 2 aromatic carbocycles. The first-order valence-corrected chi connectivity index (χ1v) is 8.11. The minimum atomic E-state index is -0.571. The molecule has 6 nitrogen and oxygen atoms in total. The summed E-state index contributed by atoms with van der Waals surface area (Å²) < 4.78 is 20.8. The van der Waals surface area contributed by atoms with Crippen molar-refractivity contribution in [2.24, 2.45) is 0 Å².